The Bertz CT molecular complexity index is 820. The summed E-state index contributed by atoms with van der Waals surface area (Å²) in [5, 5.41) is 4.07. The Kier molecular flexibility index (Phi) is 4.55. The van der Waals surface area contributed by atoms with E-state index in [0.717, 1.165) is 5.56 Å². The molecule has 6 nitrogen and oxygen atoms in total. The van der Waals surface area contributed by atoms with Crippen molar-refractivity contribution in [2.24, 2.45) is 5.16 Å². The maximum Gasteiger partial charge on any atom is 0.419 e. The largest absolute Gasteiger partial charge is 0.467 e. The molecule has 1 amide bonds. The summed E-state index contributed by atoms with van der Waals surface area (Å²) in [7, 11) is 0. The summed E-state index contributed by atoms with van der Waals surface area (Å²) in [6.45, 7) is 0.314. The number of para-hydroxylation sites is 1. The van der Waals surface area contributed by atoms with Crippen molar-refractivity contribution in [3.63, 3.8) is 0 Å². The molecule has 0 aromatic heterocycles. The first kappa shape index (κ1) is 16.2. The van der Waals surface area contributed by atoms with E-state index in [0.29, 0.717) is 24.6 Å². The standard InChI is InChI=1S/C20H18N2O4/c23-20(24-16-9-5-2-6-10-16)22-12-11-17-18(14-22)26-21-19(25-17)13-15-7-3-1-4-8-15/h1-12,17-18H,13-14H2/t17?,18-/m0/s1. The number of carbonyl (C=O) groups is 1. The van der Waals surface area contributed by atoms with Crippen molar-refractivity contribution in [2.45, 2.75) is 18.6 Å². The van der Waals surface area contributed by atoms with E-state index in [1.54, 1.807) is 24.4 Å². The fourth-order valence-corrected chi connectivity index (χ4v) is 2.81. The van der Waals surface area contributed by atoms with Gasteiger partial charge in [0.05, 0.1) is 13.0 Å². The van der Waals surface area contributed by atoms with Crippen molar-refractivity contribution in [3.05, 3.63) is 78.5 Å². The molecule has 0 aliphatic carbocycles. The molecule has 6 heteroatoms. The number of carbonyl (C=O) groups excluding carboxylic acids is 1. The van der Waals surface area contributed by atoms with Crippen molar-refractivity contribution in [3.8, 4) is 5.75 Å². The number of oxime groups is 1. The molecule has 26 heavy (non-hydrogen) atoms. The van der Waals surface area contributed by atoms with Crippen LogP contribution in [0.15, 0.2) is 78.1 Å². The lowest BCUT2D eigenvalue weighted by molar-refractivity contribution is -0.0569. The zero-order chi connectivity index (χ0) is 17.8. The van der Waals surface area contributed by atoms with Gasteiger partial charge in [0.1, 0.15) is 5.75 Å². The van der Waals surface area contributed by atoms with Crippen LogP contribution in [0.5, 0.6) is 5.75 Å². The molecule has 0 spiro atoms. The quantitative estimate of drug-likeness (QED) is 0.852. The third-order valence-corrected chi connectivity index (χ3v) is 4.14. The number of ether oxygens (including phenoxy) is 2. The highest BCUT2D eigenvalue weighted by Crippen LogP contribution is 2.21. The summed E-state index contributed by atoms with van der Waals surface area (Å²) >= 11 is 0. The van der Waals surface area contributed by atoms with Crippen molar-refractivity contribution in [1.29, 1.82) is 0 Å². The Labute approximate surface area is 151 Å². The van der Waals surface area contributed by atoms with Gasteiger partial charge in [-0.15, -0.1) is 0 Å². The zero-order valence-corrected chi connectivity index (χ0v) is 14.0. The Morgan fingerprint density at radius 1 is 1.12 bits per heavy atom. The predicted octanol–water partition coefficient (Wildman–Crippen LogP) is 3.35. The minimum atomic E-state index is -0.464. The Morgan fingerprint density at radius 3 is 2.62 bits per heavy atom. The average Bonchev–Trinajstić information content (AvgIpc) is 2.69. The van der Waals surface area contributed by atoms with Gasteiger partial charge in [-0.25, -0.2) is 4.79 Å². The summed E-state index contributed by atoms with van der Waals surface area (Å²) in [5.41, 5.74) is 1.10. The summed E-state index contributed by atoms with van der Waals surface area (Å²) in [6, 6.07) is 18.9. The van der Waals surface area contributed by atoms with Gasteiger partial charge in [0.15, 0.2) is 12.2 Å². The van der Waals surface area contributed by atoms with Crippen LogP contribution in [0.25, 0.3) is 0 Å². The smallest absolute Gasteiger partial charge is 0.419 e. The Hall–Kier alpha value is -3.28. The molecule has 4 rings (SSSR count). The highest BCUT2D eigenvalue weighted by molar-refractivity contribution is 5.79. The van der Waals surface area contributed by atoms with Crippen LogP contribution in [0.3, 0.4) is 0 Å². The third-order valence-electron chi connectivity index (χ3n) is 4.14. The summed E-state index contributed by atoms with van der Waals surface area (Å²) in [5.74, 6) is 1.03. The summed E-state index contributed by atoms with van der Waals surface area (Å²) in [4.78, 5) is 19.3. The molecule has 0 radical (unpaired) electrons. The fourth-order valence-electron chi connectivity index (χ4n) is 2.81. The van der Waals surface area contributed by atoms with Crippen LogP contribution < -0.4 is 4.74 Å². The molecule has 0 saturated heterocycles. The molecule has 2 aliphatic heterocycles. The minimum Gasteiger partial charge on any atom is -0.467 e. The van der Waals surface area contributed by atoms with Crippen LogP contribution >= 0.6 is 0 Å². The van der Waals surface area contributed by atoms with E-state index in [2.05, 4.69) is 5.16 Å². The van der Waals surface area contributed by atoms with E-state index in [9.17, 15) is 4.79 Å². The molecule has 0 saturated carbocycles. The lowest BCUT2D eigenvalue weighted by Gasteiger charge is -2.34. The maximum absolute atomic E-state index is 12.3. The molecule has 0 N–H and O–H groups in total. The zero-order valence-electron chi connectivity index (χ0n) is 14.0. The molecule has 2 aromatic rings. The number of nitrogens with zero attached hydrogens (tertiary/aromatic N) is 2. The lowest BCUT2D eigenvalue weighted by Crippen LogP contribution is -2.48. The molecule has 2 aromatic carbocycles. The van der Waals surface area contributed by atoms with Crippen LogP contribution in [0.2, 0.25) is 0 Å². The third kappa shape index (κ3) is 3.69. The number of amides is 1. The second-order valence-electron chi connectivity index (χ2n) is 6.05. The lowest BCUT2D eigenvalue weighted by atomic mass is 10.1. The maximum atomic E-state index is 12.3. The van der Waals surface area contributed by atoms with Gasteiger partial charge >= 0.3 is 6.09 Å². The van der Waals surface area contributed by atoms with Crippen LogP contribution in [0.1, 0.15) is 5.56 Å². The molecule has 0 fully saturated rings. The van der Waals surface area contributed by atoms with Crippen LogP contribution in [-0.4, -0.2) is 35.6 Å². The van der Waals surface area contributed by atoms with E-state index < -0.39 is 6.09 Å². The van der Waals surface area contributed by atoms with Gasteiger partial charge in [-0.3, -0.25) is 4.90 Å². The fraction of sp³-hybridized carbons (Fsp3) is 0.200. The molecule has 132 valence electrons. The SMILES string of the molecule is O=C(Oc1ccccc1)N1C=CC2OC(Cc3ccccc3)=NO[C@H]2C1. The number of rotatable bonds is 3. The van der Waals surface area contributed by atoms with E-state index in [1.165, 1.54) is 4.90 Å². The number of hydrogen-bond donors (Lipinski definition) is 0. The predicted molar refractivity (Wildman–Crippen MR) is 95.6 cm³/mol. The highest BCUT2D eigenvalue weighted by atomic mass is 16.7. The van der Waals surface area contributed by atoms with Gasteiger partial charge < -0.3 is 14.3 Å². The normalized spacial score (nSPS) is 21.1. The second kappa shape index (κ2) is 7.31. The first-order valence-electron chi connectivity index (χ1n) is 8.43. The number of benzene rings is 2. The monoisotopic (exact) mass is 350 g/mol. The van der Waals surface area contributed by atoms with Crippen molar-refractivity contribution < 1.29 is 19.1 Å². The van der Waals surface area contributed by atoms with Gasteiger partial charge in [-0.1, -0.05) is 53.7 Å². The van der Waals surface area contributed by atoms with Crippen LogP contribution in [0.4, 0.5) is 4.79 Å². The highest BCUT2D eigenvalue weighted by Gasteiger charge is 2.35. The van der Waals surface area contributed by atoms with Crippen molar-refractivity contribution >= 4 is 12.0 Å². The summed E-state index contributed by atoms with van der Waals surface area (Å²) in [6.07, 6.45) is 2.93. The van der Waals surface area contributed by atoms with E-state index >= 15 is 0 Å². The first-order chi connectivity index (χ1) is 12.8. The van der Waals surface area contributed by atoms with E-state index in [4.69, 9.17) is 14.3 Å². The van der Waals surface area contributed by atoms with Crippen LogP contribution in [0, 0.1) is 0 Å². The summed E-state index contributed by atoms with van der Waals surface area (Å²) < 4.78 is 11.2. The average molecular weight is 350 g/mol. The van der Waals surface area contributed by atoms with Crippen LogP contribution in [-0.2, 0) is 16.0 Å². The Morgan fingerprint density at radius 2 is 1.85 bits per heavy atom. The minimum absolute atomic E-state index is 0.271. The molecular weight excluding hydrogens is 332 g/mol. The van der Waals surface area contributed by atoms with E-state index in [1.807, 2.05) is 48.5 Å². The second-order valence-corrected chi connectivity index (χ2v) is 6.05. The van der Waals surface area contributed by atoms with Gasteiger partial charge in [0.2, 0.25) is 5.90 Å². The molecule has 2 aliphatic rings. The van der Waals surface area contributed by atoms with Gasteiger partial charge in [0.25, 0.3) is 0 Å². The Balaban J connectivity index is 1.36. The molecule has 1 unspecified atom stereocenters. The number of hydrogen-bond acceptors (Lipinski definition) is 5. The molecule has 0 bridgehead atoms. The van der Waals surface area contributed by atoms with Gasteiger partial charge in [-0.05, 0) is 23.8 Å². The van der Waals surface area contributed by atoms with Gasteiger partial charge in [-0.2, -0.15) is 0 Å². The van der Waals surface area contributed by atoms with Crippen molar-refractivity contribution in [1.82, 2.24) is 4.90 Å². The topological polar surface area (TPSA) is 60.4 Å². The molecule has 2 atom stereocenters. The van der Waals surface area contributed by atoms with E-state index in [-0.39, 0.29) is 12.2 Å². The first-order valence-corrected chi connectivity index (χ1v) is 8.43. The molecule has 2 heterocycles. The van der Waals surface area contributed by atoms with Gasteiger partial charge in [0, 0.05) is 6.20 Å². The van der Waals surface area contributed by atoms with Crippen molar-refractivity contribution in [2.75, 3.05) is 6.54 Å². The number of fused-ring (bicyclic) bond motifs is 1. The molecular formula is C20H18N2O4.